The molecule has 0 aromatic carbocycles. The first-order valence-corrected chi connectivity index (χ1v) is 11.4. The first-order valence-electron chi connectivity index (χ1n) is 11.0. The van der Waals surface area contributed by atoms with Crippen molar-refractivity contribution in [3.05, 3.63) is 35.6 Å². The van der Waals surface area contributed by atoms with Crippen molar-refractivity contribution in [2.45, 2.75) is 95.9 Å². The average Bonchev–Trinajstić information content (AvgIpc) is 2.71. The van der Waals surface area contributed by atoms with Gasteiger partial charge in [-0.15, -0.1) is 18.2 Å². The summed E-state index contributed by atoms with van der Waals surface area (Å²) in [7, 11) is 0. The smallest absolute Gasteiger partial charge is 0.0834 e. The monoisotopic (exact) mass is 391 g/mol. The molecule has 3 rings (SSSR count). The quantitative estimate of drug-likeness (QED) is 0.430. The van der Waals surface area contributed by atoms with E-state index in [1.807, 2.05) is 0 Å². The Labute approximate surface area is 171 Å². The zero-order valence-electron chi connectivity index (χ0n) is 17.4. The molecule has 5 unspecified atom stereocenters. The molecule has 6 atom stereocenters. The van der Waals surface area contributed by atoms with E-state index >= 15 is 0 Å². The summed E-state index contributed by atoms with van der Waals surface area (Å²) in [5, 5.41) is 12.0. The average molecular weight is 392 g/mol. The highest BCUT2D eigenvalue weighted by molar-refractivity contribution is 6.20. The Hall–Kier alpha value is -0.770. The molecule has 27 heavy (non-hydrogen) atoms. The molecule has 1 fully saturated rings. The van der Waals surface area contributed by atoms with E-state index in [2.05, 4.69) is 55.5 Å². The minimum absolute atomic E-state index is 0.257. The molecule has 0 bridgehead atoms. The molecule has 0 radical (unpaired) electrons. The van der Waals surface area contributed by atoms with Gasteiger partial charge in [-0.25, -0.2) is 0 Å². The largest absolute Gasteiger partial charge is 0.373 e. The highest BCUT2D eigenvalue weighted by Crippen LogP contribution is 2.38. The van der Waals surface area contributed by atoms with Gasteiger partial charge in [-0.3, -0.25) is 10.6 Å². The molecule has 1 aliphatic heterocycles. The lowest BCUT2D eigenvalue weighted by Gasteiger charge is -2.46. The minimum atomic E-state index is 0.257. The van der Waals surface area contributed by atoms with Crippen LogP contribution in [0.3, 0.4) is 0 Å². The molecule has 2 aliphatic carbocycles. The SMILES string of the molecule is C=C[C@H]1CCC(Cl)CC1C1NC2=C(CCCC2)C(NC(CC)/C(C)=C\C)N1. The van der Waals surface area contributed by atoms with Crippen molar-refractivity contribution in [1.29, 1.82) is 0 Å². The van der Waals surface area contributed by atoms with Crippen LogP contribution in [0.1, 0.15) is 72.1 Å². The third-order valence-electron chi connectivity index (χ3n) is 6.94. The standard InChI is InChI=1S/C23H38ClN3/c1-5-15(4)20(7-3)25-22-18-10-8-9-11-21(18)26-23(27-22)19-14-17(24)13-12-16(19)6-2/h5-6,16-17,19-20,22-23,25-27H,2,7-14H2,1,3-4H3/b15-5-/t16-,17?,19?,20?,22?,23?/m0/s1. The molecule has 3 nitrogen and oxygen atoms in total. The van der Waals surface area contributed by atoms with Crippen molar-refractivity contribution in [2.75, 3.05) is 0 Å². The van der Waals surface area contributed by atoms with Crippen LogP contribution < -0.4 is 16.0 Å². The summed E-state index contributed by atoms with van der Waals surface area (Å²) in [6.45, 7) is 10.8. The van der Waals surface area contributed by atoms with Gasteiger partial charge in [-0.1, -0.05) is 24.6 Å². The lowest BCUT2D eigenvalue weighted by Crippen LogP contribution is -2.63. The highest BCUT2D eigenvalue weighted by atomic mass is 35.5. The zero-order chi connectivity index (χ0) is 19.4. The number of halogens is 1. The van der Waals surface area contributed by atoms with Gasteiger partial charge in [0.15, 0.2) is 0 Å². The van der Waals surface area contributed by atoms with Gasteiger partial charge in [0.2, 0.25) is 0 Å². The van der Waals surface area contributed by atoms with Gasteiger partial charge in [0, 0.05) is 23.0 Å². The fourth-order valence-electron chi connectivity index (χ4n) is 5.13. The van der Waals surface area contributed by atoms with Gasteiger partial charge in [-0.05, 0) is 76.7 Å². The molecule has 152 valence electrons. The van der Waals surface area contributed by atoms with Gasteiger partial charge in [-0.2, -0.15) is 0 Å². The Morgan fingerprint density at radius 3 is 2.81 bits per heavy atom. The zero-order valence-corrected chi connectivity index (χ0v) is 18.1. The van der Waals surface area contributed by atoms with Crippen molar-refractivity contribution < 1.29 is 0 Å². The molecular weight excluding hydrogens is 354 g/mol. The van der Waals surface area contributed by atoms with Gasteiger partial charge >= 0.3 is 0 Å². The summed E-state index contributed by atoms with van der Waals surface area (Å²) in [4.78, 5) is 0. The maximum Gasteiger partial charge on any atom is 0.0834 e. The highest BCUT2D eigenvalue weighted by Gasteiger charge is 2.39. The Kier molecular flexibility index (Phi) is 7.47. The van der Waals surface area contributed by atoms with E-state index in [-0.39, 0.29) is 17.7 Å². The van der Waals surface area contributed by atoms with E-state index in [4.69, 9.17) is 11.6 Å². The predicted octanol–water partition coefficient (Wildman–Crippen LogP) is 5.20. The Morgan fingerprint density at radius 1 is 1.33 bits per heavy atom. The van der Waals surface area contributed by atoms with Crippen molar-refractivity contribution in [2.24, 2.45) is 11.8 Å². The van der Waals surface area contributed by atoms with Crippen LogP contribution in [-0.2, 0) is 0 Å². The van der Waals surface area contributed by atoms with Gasteiger partial charge in [0.1, 0.15) is 0 Å². The van der Waals surface area contributed by atoms with Crippen LogP contribution in [0.4, 0.5) is 0 Å². The number of hydrogen-bond acceptors (Lipinski definition) is 3. The van der Waals surface area contributed by atoms with Crippen molar-refractivity contribution >= 4 is 11.6 Å². The molecule has 0 saturated heterocycles. The molecule has 0 aromatic heterocycles. The van der Waals surface area contributed by atoms with Crippen molar-refractivity contribution in [3.8, 4) is 0 Å². The molecular formula is C23H38ClN3. The second-order valence-corrected chi connectivity index (χ2v) is 9.18. The van der Waals surface area contributed by atoms with Crippen LogP contribution in [0, 0.1) is 11.8 Å². The maximum absolute atomic E-state index is 6.57. The van der Waals surface area contributed by atoms with Crippen molar-refractivity contribution in [3.63, 3.8) is 0 Å². The molecule has 4 heteroatoms. The third-order valence-corrected chi connectivity index (χ3v) is 7.33. The second-order valence-electron chi connectivity index (χ2n) is 8.57. The fraction of sp³-hybridized carbons (Fsp3) is 0.739. The summed E-state index contributed by atoms with van der Waals surface area (Å²) in [6, 6.07) is 0.421. The molecule has 0 amide bonds. The van der Waals surface area contributed by atoms with Crippen LogP contribution in [0.2, 0.25) is 0 Å². The van der Waals surface area contributed by atoms with Crippen LogP contribution >= 0.6 is 11.6 Å². The second kappa shape index (κ2) is 9.62. The Morgan fingerprint density at radius 2 is 2.11 bits per heavy atom. The topological polar surface area (TPSA) is 36.1 Å². The summed E-state index contributed by atoms with van der Waals surface area (Å²) >= 11 is 6.57. The van der Waals surface area contributed by atoms with E-state index in [0.717, 1.165) is 25.7 Å². The van der Waals surface area contributed by atoms with Crippen molar-refractivity contribution in [1.82, 2.24) is 16.0 Å². The number of rotatable bonds is 6. The van der Waals surface area contributed by atoms with E-state index < -0.39 is 0 Å². The Balaban J connectivity index is 1.82. The normalized spacial score (nSPS) is 36.0. The molecule has 3 aliphatic rings. The van der Waals surface area contributed by atoms with Crippen LogP contribution in [0.15, 0.2) is 35.6 Å². The molecule has 0 aromatic rings. The summed E-state index contributed by atoms with van der Waals surface area (Å²) < 4.78 is 0. The Bertz CT molecular complexity index is 582. The minimum Gasteiger partial charge on any atom is -0.373 e. The van der Waals surface area contributed by atoms with E-state index in [1.165, 1.54) is 37.0 Å². The first-order chi connectivity index (χ1) is 13.1. The summed E-state index contributed by atoms with van der Waals surface area (Å²) in [5.41, 5.74) is 4.46. The predicted molar refractivity (Wildman–Crippen MR) is 117 cm³/mol. The molecule has 3 N–H and O–H groups in total. The first kappa shape index (κ1) is 21.0. The fourth-order valence-corrected chi connectivity index (χ4v) is 5.46. The molecule has 1 saturated carbocycles. The van der Waals surface area contributed by atoms with Gasteiger partial charge < -0.3 is 5.32 Å². The number of alkyl halides is 1. The van der Waals surface area contributed by atoms with E-state index in [9.17, 15) is 0 Å². The lowest BCUT2D eigenvalue weighted by atomic mass is 9.76. The van der Waals surface area contributed by atoms with E-state index in [1.54, 1.807) is 5.57 Å². The lowest BCUT2D eigenvalue weighted by molar-refractivity contribution is 0.168. The summed E-state index contributed by atoms with van der Waals surface area (Å²) in [5.74, 6) is 1.04. The van der Waals surface area contributed by atoms with E-state index in [0.29, 0.717) is 17.9 Å². The number of hydrogen-bond donors (Lipinski definition) is 3. The maximum atomic E-state index is 6.57. The van der Waals surface area contributed by atoms with Gasteiger partial charge in [0.25, 0.3) is 0 Å². The number of allylic oxidation sites excluding steroid dienone is 3. The third kappa shape index (κ3) is 4.81. The van der Waals surface area contributed by atoms with Gasteiger partial charge in [0.05, 0.1) is 12.3 Å². The molecule has 0 spiro atoms. The number of nitrogens with one attached hydrogen (secondary N) is 3. The molecule has 1 heterocycles. The van der Waals surface area contributed by atoms with Crippen LogP contribution in [0.25, 0.3) is 0 Å². The summed E-state index contributed by atoms with van der Waals surface area (Å²) in [6.07, 6.45) is 14.3. The van der Waals surface area contributed by atoms with Crippen LogP contribution in [0.5, 0.6) is 0 Å². The van der Waals surface area contributed by atoms with Crippen LogP contribution in [-0.4, -0.2) is 23.8 Å².